The van der Waals surface area contributed by atoms with Gasteiger partial charge < -0.3 is 5.92 Å². The van der Waals surface area contributed by atoms with Crippen molar-refractivity contribution in [3.05, 3.63) is 41.8 Å². The van der Waals surface area contributed by atoms with Gasteiger partial charge in [-0.05, 0) is 11.5 Å². The number of rotatable bonds is 3. The van der Waals surface area contributed by atoms with Crippen LogP contribution >= 0.6 is 0 Å². The smallest absolute Gasteiger partial charge is 0 e. The molecule has 1 aromatic rings. The van der Waals surface area contributed by atoms with Gasteiger partial charge in [-0.2, -0.15) is 19.3 Å². The predicted molar refractivity (Wildman–Crippen MR) is 74.6 cm³/mol. The molecule has 1 aromatic carbocycles. The average Bonchev–Trinajstić information content (AvgIpc) is 2.31. The van der Waals surface area contributed by atoms with E-state index in [1.165, 1.54) is 11.5 Å². The van der Waals surface area contributed by atoms with Crippen LogP contribution in [0.1, 0.15) is 59.9 Å². The van der Waals surface area contributed by atoms with Crippen LogP contribution in [-0.4, -0.2) is 0 Å². The van der Waals surface area contributed by atoms with E-state index in [2.05, 4.69) is 65.0 Å². The molecule has 0 nitrogen and oxygen atoms in total. The second kappa shape index (κ2) is 9.28. The molecule has 0 spiro atoms. The molecule has 1 radical (unpaired) electrons. The molecular weight excluding hydrogens is 281 g/mol. The fourth-order valence-corrected chi connectivity index (χ4v) is 1.59. The van der Waals surface area contributed by atoms with Crippen molar-refractivity contribution in [3.8, 4) is 0 Å². The van der Waals surface area contributed by atoms with E-state index in [1.807, 2.05) is 13.8 Å². The maximum atomic E-state index is 2.32. The Hall–Kier alpha value is 0.324. The van der Waals surface area contributed by atoms with Gasteiger partial charge in [-0.1, -0.05) is 65.0 Å². The van der Waals surface area contributed by atoms with Crippen LogP contribution in [0, 0.1) is 11.3 Å². The van der Waals surface area contributed by atoms with Crippen molar-refractivity contribution >= 4 is 0 Å². The standard InChI is InChI=1S/C14H21.C2H6.Y/c1-11(2)14(4,5)12(3)13-9-7-6-8-10-13;1-2;/h6-10,12H,1-5H3;1-2H3;/q-1;;. The van der Waals surface area contributed by atoms with Crippen LogP contribution in [0.4, 0.5) is 0 Å². The summed E-state index contributed by atoms with van der Waals surface area (Å²) in [6.45, 7) is 15.4. The molecule has 0 saturated heterocycles. The summed E-state index contributed by atoms with van der Waals surface area (Å²) in [5.74, 6) is 2.07. The van der Waals surface area contributed by atoms with Gasteiger partial charge in [0.2, 0.25) is 0 Å². The van der Waals surface area contributed by atoms with Crippen molar-refractivity contribution in [2.24, 2.45) is 5.41 Å². The minimum atomic E-state index is 0. The SMILES string of the molecule is CC.C[C-](C)C(C)(C)C(C)c1ccccc1.[Y]. The number of hydrogen-bond donors (Lipinski definition) is 0. The maximum Gasteiger partial charge on any atom is 0 e. The molecule has 0 amide bonds. The summed E-state index contributed by atoms with van der Waals surface area (Å²) in [6.07, 6.45) is 0. The fourth-order valence-electron chi connectivity index (χ4n) is 1.59. The summed E-state index contributed by atoms with van der Waals surface area (Å²) in [5, 5.41) is 0. The summed E-state index contributed by atoms with van der Waals surface area (Å²) < 4.78 is 0. The molecule has 0 fully saturated rings. The predicted octanol–water partition coefficient (Wildman–Crippen LogP) is 5.45. The Labute approximate surface area is 133 Å². The van der Waals surface area contributed by atoms with E-state index in [1.54, 1.807) is 0 Å². The van der Waals surface area contributed by atoms with Gasteiger partial charge in [0.1, 0.15) is 0 Å². The van der Waals surface area contributed by atoms with Crippen molar-refractivity contribution in [1.29, 1.82) is 0 Å². The minimum absolute atomic E-state index is 0. The second-order valence-electron chi connectivity index (χ2n) is 4.85. The topological polar surface area (TPSA) is 0 Å². The van der Waals surface area contributed by atoms with E-state index < -0.39 is 0 Å². The second-order valence-corrected chi connectivity index (χ2v) is 4.85. The van der Waals surface area contributed by atoms with Crippen LogP contribution in [0.3, 0.4) is 0 Å². The zero-order valence-corrected chi connectivity index (χ0v) is 15.4. The average molecular weight is 308 g/mol. The molecule has 1 rings (SSSR count). The first kappa shape index (κ1) is 19.7. The molecule has 0 N–H and O–H groups in total. The first-order valence-electron chi connectivity index (χ1n) is 6.32. The molecule has 1 atom stereocenters. The van der Waals surface area contributed by atoms with Gasteiger partial charge in [-0.15, -0.1) is 0 Å². The van der Waals surface area contributed by atoms with Crippen molar-refractivity contribution in [3.63, 3.8) is 0 Å². The summed E-state index contributed by atoms with van der Waals surface area (Å²) >= 11 is 0. The molecule has 0 aromatic heterocycles. The molecule has 1 unspecified atom stereocenters. The van der Waals surface area contributed by atoms with Crippen LogP contribution in [0.2, 0.25) is 0 Å². The summed E-state index contributed by atoms with van der Waals surface area (Å²) in [6, 6.07) is 10.7. The molecule has 17 heavy (non-hydrogen) atoms. The zero-order chi connectivity index (χ0) is 12.8. The van der Waals surface area contributed by atoms with Crippen molar-refractivity contribution in [2.45, 2.75) is 54.4 Å². The van der Waals surface area contributed by atoms with Gasteiger partial charge in [-0.3, -0.25) is 0 Å². The molecule has 0 aliphatic carbocycles. The van der Waals surface area contributed by atoms with Crippen LogP contribution < -0.4 is 0 Å². The zero-order valence-electron chi connectivity index (χ0n) is 12.5. The summed E-state index contributed by atoms with van der Waals surface area (Å²) in [7, 11) is 0. The molecular formula is C16H27Y-. The van der Waals surface area contributed by atoms with Gasteiger partial charge in [0.05, 0.1) is 0 Å². The molecule has 0 aliphatic rings. The Morgan fingerprint density at radius 3 is 1.76 bits per heavy atom. The number of hydrogen-bond acceptors (Lipinski definition) is 0. The van der Waals surface area contributed by atoms with E-state index in [0.29, 0.717) is 5.92 Å². The third kappa shape index (κ3) is 5.66. The molecule has 0 bridgehead atoms. The maximum absolute atomic E-state index is 2.32. The van der Waals surface area contributed by atoms with Gasteiger partial charge in [0, 0.05) is 32.7 Å². The summed E-state index contributed by atoms with van der Waals surface area (Å²) in [5.41, 5.74) is 1.71. The molecule has 0 heterocycles. The Balaban J connectivity index is 0. The van der Waals surface area contributed by atoms with Gasteiger partial charge in [0.15, 0.2) is 0 Å². The van der Waals surface area contributed by atoms with Crippen molar-refractivity contribution in [1.82, 2.24) is 0 Å². The Morgan fingerprint density at radius 1 is 1.00 bits per heavy atom. The monoisotopic (exact) mass is 308 g/mol. The Kier molecular flexibility index (Phi) is 10.7. The first-order valence-corrected chi connectivity index (χ1v) is 6.32. The van der Waals surface area contributed by atoms with Crippen LogP contribution in [0.5, 0.6) is 0 Å². The Morgan fingerprint density at radius 2 is 1.41 bits per heavy atom. The fraction of sp³-hybridized carbons (Fsp3) is 0.562. The normalized spacial score (nSPS) is 12.2. The van der Waals surface area contributed by atoms with Crippen molar-refractivity contribution < 1.29 is 32.7 Å². The van der Waals surface area contributed by atoms with Gasteiger partial charge >= 0.3 is 0 Å². The third-order valence-corrected chi connectivity index (χ3v) is 3.67. The van der Waals surface area contributed by atoms with E-state index in [-0.39, 0.29) is 38.1 Å². The third-order valence-electron chi connectivity index (χ3n) is 3.67. The number of benzene rings is 1. The molecule has 1 heteroatoms. The Bertz CT molecular complexity index is 275. The van der Waals surface area contributed by atoms with Crippen LogP contribution in [-0.2, 0) is 32.7 Å². The first-order chi connectivity index (χ1) is 7.46. The van der Waals surface area contributed by atoms with Crippen LogP contribution in [0.15, 0.2) is 30.3 Å². The van der Waals surface area contributed by atoms with E-state index in [0.717, 1.165) is 0 Å². The van der Waals surface area contributed by atoms with E-state index in [9.17, 15) is 0 Å². The minimum Gasteiger partial charge on any atom is -0.314 e. The van der Waals surface area contributed by atoms with Crippen LogP contribution in [0.25, 0.3) is 0 Å². The van der Waals surface area contributed by atoms with E-state index >= 15 is 0 Å². The van der Waals surface area contributed by atoms with Gasteiger partial charge in [-0.25, -0.2) is 0 Å². The molecule has 0 saturated carbocycles. The van der Waals surface area contributed by atoms with Crippen molar-refractivity contribution in [2.75, 3.05) is 0 Å². The molecule has 95 valence electrons. The quantitative estimate of drug-likeness (QED) is 0.651. The molecule has 0 aliphatic heterocycles. The van der Waals surface area contributed by atoms with Gasteiger partial charge in [0.25, 0.3) is 0 Å². The summed E-state index contributed by atoms with van der Waals surface area (Å²) in [4.78, 5) is 0. The van der Waals surface area contributed by atoms with E-state index in [4.69, 9.17) is 0 Å². The largest absolute Gasteiger partial charge is 0.314 e.